The molecule has 8 heteroatoms. The predicted octanol–water partition coefficient (Wildman–Crippen LogP) is 5.18. The molecule has 1 heterocycles. The van der Waals surface area contributed by atoms with Crippen LogP contribution in [-0.4, -0.2) is 23.2 Å². The SMILES string of the molecule is COc1ccc(-c2noc([C@@H](NC(=O)c3ccc(Cl)c(Cl)c3)C(C)C)n2)cc1. The molecule has 0 saturated carbocycles. The topological polar surface area (TPSA) is 77.3 Å². The molecular weight excluding hydrogens is 401 g/mol. The molecule has 0 bridgehead atoms. The molecule has 0 saturated heterocycles. The van der Waals surface area contributed by atoms with Crippen molar-refractivity contribution in [3.63, 3.8) is 0 Å². The van der Waals surface area contributed by atoms with E-state index in [1.165, 1.54) is 6.07 Å². The lowest BCUT2D eigenvalue weighted by Gasteiger charge is -2.18. The van der Waals surface area contributed by atoms with E-state index in [1.54, 1.807) is 19.2 Å². The van der Waals surface area contributed by atoms with E-state index in [0.717, 1.165) is 11.3 Å². The van der Waals surface area contributed by atoms with Gasteiger partial charge in [0.1, 0.15) is 11.8 Å². The van der Waals surface area contributed by atoms with Crippen LogP contribution in [0.4, 0.5) is 0 Å². The fourth-order valence-electron chi connectivity index (χ4n) is 2.59. The van der Waals surface area contributed by atoms with Gasteiger partial charge in [0.25, 0.3) is 5.91 Å². The van der Waals surface area contributed by atoms with Gasteiger partial charge in [-0.1, -0.05) is 42.2 Å². The highest BCUT2D eigenvalue weighted by Gasteiger charge is 2.25. The molecule has 0 spiro atoms. The van der Waals surface area contributed by atoms with Crippen LogP contribution in [0, 0.1) is 5.92 Å². The van der Waals surface area contributed by atoms with Crippen LogP contribution in [0.15, 0.2) is 47.0 Å². The van der Waals surface area contributed by atoms with Crippen LogP contribution in [0.1, 0.15) is 36.1 Å². The third-order valence-electron chi connectivity index (χ3n) is 4.19. The molecule has 28 heavy (non-hydrogen) atoms. The Kier molecular flexibility index (Phi) is 6.21. The van der Waals surface area contributed by atoms with E-state index in [9.17, 15) is 4.79 Å². The van der Waals surface area contributed by atoms with Gasteiger partial charge in [-0.05, 0) is 48.4 Å². The normalized spacial score (nSPS) is 12.1. The van der Waals surface area contributed by atoms with E-state index in [1.807, 2.05) is 38.1 Å². The Morgan fingerprint density at radius 1 is 1.11 bits per heavy atom. The minimum Gasteiger partial charge on any atom is -0.497 e. The molecule has 1 N–H and O–H groups in total. The zero-order chi connectivity index (χ0) is 20.3. The number of rotatable bonds is 6. The van der Waals surface area contributed by atoms with Gasteiger partial charge in [0.05, 0.1) is 17.2 Å². The minimum atomic E-state index is -0.457. The fraction of sp³-hybridized carbons (Fsp3) is 0.250. The summed E-state index contributed by atoms with van der Waals surface area (Å²) >= 11 is 11.9. The number of methoxy groups -OCH3 is 1. The Bertz CT molecular complexity index is 971. The third kappa shape index (κ3) is 4.46. The Labute approximate surface area is 172 Å². The van der Waals surface area contributed by atoms with Gasteiger partial charge < -0.3 is 14.6 Å². The second-order valence-electron chi connectivity index (χ2n) is 6.51. The van der Waals surface area contributed by atoms with Crippen molar-refractivity contribution in [1.29, 1.82) is 0 Å². The number of nitrogens with zero attached hydrogens (tertiary/aromatic N) is 2. The second kappa shape index (κ2) is 8.63. The molecular formula is C20H19Cl2N3O3. The van der Waals surface area contributed by atoms with E-state index in [2.05, 4.69) is 15.5 Å². The number of benzene rings is 2. The van der Waals surface area contributed by atoms with Crippen LogP contribution in [-0.2, 0) is 0 Å². The summed E-state index contributed by atoms with van der Waals surface area (Å²) in [6, 6.07) is 11.6. The average molecular weight is 420 g/mol. The number of carbonyl (C=O) groups excluding carboxylic acids is 1. The average Bonchev–Trinajstić information content (AvgIpc) is 3.17. The van der Waals surface area contributed by atoms with E-state index in [4.69, 9.17) is 32.5 Å². The van der Waals surface area contributed by atoms with Crippen molar-refractivity contribution in [3.8, 4) is 17.1 Å². The minimum absolute atomic E-state index is 0.0240. The lowest BCUT2D eigenvalue weighted by Crippen LogP contribution is -2.32. The molecule has 3 aromatic rings. The molecule has 0 aliphatic carbocycles. The number of halogens is 2. The first kappa shape index (κ1) is 20.2. The van der Waals surface area contributed by atoms with Crippen LogP contribution < -0.4 is 10.1 Å². The van der Waals surface area contributed by atoms with Gasteiger partial charge in [-0.25, -0.2) is 0 Å². The molecule has 1 aromatic heterocycles. The monoisotopic (exact) mass is 419 g/mol. The first-order valence-corrected chi connectivity index (χ1v) is 9.38. The molecule has 0 unspecified atom stereocenters. The molecule has 0 radical (unpaired) electrons. The number of aromatic nitrogens is 2. The number of carbonyl (C=O) groups is 1. The lowest BCUT2D eigenvalue weighted by molar-refractivity contribution is 0.0914. The lowest BCUT2D eigenvalue weighted by atomic mass is 10.0. The van der Waals surface area contributed by atoms with Crippen LogP contribution in [0.5, 0.6) is 5.75 Å². The maximum atomic E-state index is 12.6. The summed E-state index contributed by atoms with van der Waals surface area (Å²) < 4.78 is 10.6. The molecule has 1 amide bonds. The molecule has 146 valence electrons. The predicted molar refractivity (Wildman–Crippen MR) is 108 cm³/mol. The van der Waals surface area contributed by atoms with Crippen molar-refractivity contribution in [1.82, 2.24) is 15.5 Å². The Morgan fingerprint density at radius 2 is 1.82 bits per heavy atom. The van der Waals surface area contributed by atoms with Gasteiger partial charge in [0.2, 0.25) is 11.7 Å². The highest BCUT2D eigenvalue weighted by atomic mass is 35.5. The number of amides is 1. The second-order valence-corrected chi connectivity index (χ2v) is 7.32. The molecule has 0 aliphatic rings. The van der Waals surface area contributed by atoms with Crippen molar-refractivity contribution < 1.29 is 14.1 Å². The van der Waals surface area contributed by atoms with Crippen molar-refractivity contribution in [2.45, 2.75) is 19.9 Å². The first-order valence-electron chi connectivity index (χ1n) is 8.63. The summed E-state index contributed by atoms with van der Waals surface area (Å²) in [7, 11) is 1.60. The molecule has 0 fully saturated rings. The van der Waals surface area contributed by atoms with Gasteiger partial charge in [-0.15, -0.1) is 0 Å². The van der Waals surface area contributed by atoms with Gasteiger partial charge >= 0.3 is 0 Å². The highest BCUT2D eigenvalue weighted by molar-refractivity contribution is 6.42. The van der Waals surface area contributed by atoms with Gasteiger partial charge in [0.15, 0.2) is 0 Å². The molecule has 2 aromatic carbocycles. The number of ether oxygens (including phenoxy) is 1. The van der Waals surface area contributed by atoms with Crippen LogP contribution in [0.2, 0.25) is 10.0 Å². The maximum absolute atomic E-state index is 12.6. The zero-order valence-electron chi connectivity index (χ0n) is 15.6. The number of nitrogens with one attached hydrogen (secondary N) is 1. The summed E-state index contributed by atoms with van der Waals surface area (Å²) in [5.74, 6) is 1.22. The van der Waals surface area contributed by atoms with E-state index in [0.29, 0.717) is 27.3 Å². The van der Waals surface area contributed by atoms with Crippen LogP contribution >= 0.6 is 23.2 Å². The van der Waals surface area contributed by atoms with Crippen molar-refractivity contribution in [2.75, 3.05) is 7.11 Å². The molecule has 6 nitrogen and oxygen atoms in total. The summed E-state index contributed by atoms with van der Waals surface area (Å²) in [5, 5.41) is 7.66. The van der Waals surface area contributed by atoms with Gasteiger partial charge in [0, 0.05) is 11.1 Å². The number of hydrogen-bond donors (Lipinski definition) is 1. The highest BCUT2D eigenvalue weighted by Crippen LogP contribution is 2.26. The quantitative estimate of drug-likeness (QED) is 0.595. The molecule has 1 atom stereocenters. The molecule has 0 aliphatic heterocycles. The fourth-order valence-corrected chi connectivity index (χ4v) is 2.89. The Balaban J connectivity index is 1.81. The standard InChI is InChI=1S/C20H19Cl2N3O3/c1-11(2)17(23-19(26)13-6-9-15(21)16(22)10-13)20-24-18(25-28-20)12-4-7-14(27-3)8-5-12/h4-11,17H,1-3H3,(H,23,26)/t17-/m0/s1. The van der Waals surface area contributed by atoms with Crippen molar-refractivity contribution in [3.05, 3.63) is 64.0 Å². The van der Waals surface area contributed by atoms with Gasteiger partial charge in [-0.3, -0.25) is 4.79 Å². The van der Waals surface area contributed by atoms with Crippen LogP contribution in [0.3, 0.4) is 0 Å². The number of hydrogen-bond acceptors (Lipinski definition) is 5. The van der Waals surface area contributed by atoms with Crippen LogP contribution in [0.25, 0.3) is 11.4 Å². The Hall–Kier alpha value is -2.57. The summed E-state index contributed by atoms with van der Waals surface area (Å²) in [5.41, 5.74) is 1.18. The maximum Gasteiger partial charge on any atom is 0.251 e. The summed E-state index contributed by atoms with van der Waals surface area (Å²) in [6.45, 7) is 3.91. The Morgan fingerprint density at radius 3 is 2.43 bits per heavy atom. The first-order chi connectivity index (χ1) is 13.4. The largest absolute Gasteiger partial charge is 0.497 e. The summed E-state index contributed by atoms with van der Waals surface area (Å²) in [6.07, 6.45) is 0. The summed E-state index contributed by atoms with van der Waals surface area (Å²) in [4.78, 5) is 17.1. The smallest absolute Gasteiger partial charge is 0.251 e. The van der Waals surface area contributed by atoms with E-state index < -0.39 is 6.04 Å². The van der Waals surface area contributed by atoms with Crippen molar-refractivity contribution >= 4 is 29.1 Å². The van der Waals surface area contributed by atoms with Gasteiger partial charge in [-0.2, -0.15) is 4.98 Å². The van der Waals surface area contributed by atoms with Crippen molar-refractivity contribution in [2.24, 2.45) is 5.92 Å². The zero-order valence-corrected chi connectivity index (χ0v) is 17.1. The third-order valence-corrected chi connectivity index (χ3v) is 4.93. The van der Waals surface area contributed by atoms with E-state index in [-0.39, 0.29) is 11.8 Å². The van der Waals surface area contributed by atoms with E-state index >= 15 is 0 Å². The molecule has 3 rings (SSSR count).